The van der Waals surface area contributed by atoms with E-state index in [-0.39, 0.29) is 5.56 Å². The number of aryl methyl sites for hydroxylation is 1. The summed E-state index contributed by atoms with van der Waals surface area (Å²) < 4.78 is 20.1. The summed E-state index contributed by atoms with van der Waals surface area (Å²) in [7, 11) is 0. The Morgan fingerprint density at radius 1 is 1.18 bits per heavy atom. The summed E-state index contributed by atoms with van der Waals surface area (Å²) in [5, 5.41) is 8.79. The van der Waals surface area contributed by atoms with E-state index in [0.717, 1.165) is 66.2 Å². The van der Waals surface area contributed by atoms with Crippen LogP contribution in [-0.4, -0.2) is 30.0 Å². The molecule has 1 aromatic heterocycles. The number of nitrogens with zero attached hydrogens (tertiary/aromatic N) is 1. The number of pyridine rings is 1. The van der Waals surface area contributed by atoms with Crippen LogP contribution in [0.3, 0.4) is 0 Å². The highest BCUT2D eigenvalue weighted by atomic mass is 19.1. The van der Waals surface area contributed by atoms with Crippen molar-refractivity contribution in [2.45, 2.75) is 51.2 Å². The summed E-state index contributed by atoms with van der Waals surface area (Å²) in [5.74, 6) is -1.30. The Morgan fingerprint density at radius 3 is 2.76 bits per heavy atom. The fourth-order valence-electron chi connectivity index (χ4n) is 4.88. The van der Waals surface area contributed by atoms with Gasteiger partial charge in [0.05, 0.1) is 16.8 Å². The maximum absolute atomic E-state index is 14.6. The van der Waals surface area contributed by atoms with E-state index in [2.05, 4.69) is 5.48 Å². The van der Waals surface area contributed by atoms with E-state index in [1.54, 1.807) is 12.1 Å². The number of nitrogen functional groups attached to an aromatic ring is 1. The lowest BCUT2D eigenvalue weighted by molar-refractivity contribution is -0.186. The maximum Gasteiger partial charge on any atom is 0.277 e. The van der Waals surface area contributed by atoms with Crippen LogP contribution in [0.2, 0.25) is 0 Å². The van der Waals surface area contributed by atoms with Crippen LogP contribution in [0.1, 0.15) is 59.2 Å². The SMILES string of the molecule is N=Cc1c(N)ccc2nc(-c3ccc(F)c(C(=O)NOC4CCCCO4)c3)c3c(c12)CCCC3. The van der Waals surface area contributed by atoms with Crippen LogP contribution < -0.4 is 11.2 Å². The van der Waals surface area contributed by atoms with E-state index in [9.17, 15) is 9.18 Å². The van der Waals surface area contributed by atoms with Gasteiger partial charge in [-0.05, 0) is 80.0 Å². The molecule has 1 aliphatic carbocycles. The third kappa shape index (κ3) is 4.15. The highest BCUT2D eigenvalue weighted by molar-refractivity contribution is 6.05. The Balaban J connectivity index is 1.54. The monoisotopic (exact) mass is 462 g/mol. The number of hydrogen-bond donors (Lipinski definition) is 3. The van der Waals surface area contributed by atoms with E-state index in [1.807, 2.05) is 6.07 Å². The van der Waals surface area contributed by atoms with Gasteiger partial charge >= 0.3 is 0 Å². The number of rotatable bonds is 5. The van der Waals surface area contributed by atoms with Crippen LogP contribution in [0.25, 0.3) is 22.2 Å². The Morgan fingerprint density at radius 2 is 2.00 bits per heavy atom. The second-order valence-electron chi connectivity index (χ2n) is 8.77. The van der Waals surface area contributed by atoms with Crippen molar-refractivity contribution in [2.75, 3.05) is 12.3 Å². The number of nitrogens with two attached hydrogens (primary N) is 1. The minimum absolute atomic E-state index is 0.114. The molecule has 5 rings (SSSR count). The summed E-state index contributed by atoms with van der Waals surface area (Å²) >= 11 is 0. The standard InChI is InChI=1S/C26H27FN4O3/c27-20-9-8-15(13-18(20)26(32)31-34-23-7-3-4-12-33-23)25-17-6-2-1-5-16(17)24-19(14-28)21(29)10-11-22(24)30-25/h8-11,13-14,23,28H,1-7,12,29H2,(H,31,32). The zero-order valence-electron chi connectivity index (χ0n) is 18.8. The summed E-state index contributed by atoms with van der Waals surface area (Å²) in [6.45, 7) is 0.578. The van der Waals surface area contributed by atoms with Gasteiger partial charge < -0.3 is 15.9 Å². The van der Waals surface area contributed by atoms with Gasteiger partial charge in [-0.25, -0.2) is 19.7 Å². The zero-order valence-corrected chi connectivity index (χ0v) is 18.8. The number of carbonyl (C=O) groups excluding carboxylic acids is 1. The number of anilines is 1. The van der Waals surface area contributed by atoms with E-state index >= 15 is 0 Å². The first-order chi connectivity index (χ1) is 16.6. The van der Waals surface area contributed by atoms with Gasteiger partial charge in [0.1, 0.15) is 5.82 Å². The molecule has 1 fully saturated rings. The van der Waals surface area contributed by atoms with Crippen molar-refractivity contribution >= 4 is 28.7 Å². The van der Waals surface area contributed by atoms with Crippen molar-refractivity contribution in [3.8, 4) is 11.3 Å². The van der Waals surface area contributed by atoms with Gasteiger partial charge in [0.25, 0.3) is 5.91 Å². The first-order valence-corrected chi connectivity index (χ1v) is 11.7. The van der Waals surface area contributed by atoms with Crippen LogP contribution in [0.15, 0.2) is 30.3 Å². The Hall–Kier alpha value is -3.36. The average molecular weight is 463 g/mol. The third-order valence-electron chi connectivity index (χ3n) is 6.59. The van der Waals surface area contributed by atoms with Gasteiger partial charge in [-0.2, -0.15) is 0 Å². The molecule has 0 radical (unpaired) electrons. The van der Waals surface area contributed by atoms with E-state index in [4.69, 9.17) is 25.7 Å². The lowest BCUT2D eigenvalue weighted by Crippen LogP contribution is -2.33. The molecule has 2 heterocycles. The van der Waals surface area contributed by atoms with Crippen molar-refractivity contribution in [3.63, 3.8) is 0 Å². The molecule has 1 unspecified atom stereocenters. The van der Waals surface area contributed by atoms with Gasteiger partial charge in [0.2, 0.25) is 0 Å². The fourth-order valence-corrected chi connectivity index (χ4v) is 4.88. The number of fused-ring (bicyclic) bond motifs is 3. The van der Waals surface area contributed by atoms with Gasteiger partial charge in [-0.15, -0.1) is 0 Å². The second-order valence-corrected chi connectivity index (χ2v) is 8.77. The Kier molecular flexibility index (Phi) is 6.26. The predicted molar refractivity (Wildman–Crippen MR) is 128 cm³/mol. The van der Waals surface area contributed by atoms with E-state index in [0.29, 0.717) is 29.8 Å². The number of hydrogen-bond acceptors (Lipinski definition) is 6. The maximum atomic E-state index is 14.6. The minimum atomic E-state index is -0.665. The highest BCUT2D eigenvalue weighted by Crippen LogP contribution is 2.37. The largest absolute Gasteiger partial charge is 0.398 e. The molecule has 0 saturated carbocycles. The van der Waals surface area contributed by atoms with Crippen LogP contribution >= 0.6 is 0 Å². The molecule has 2 aliphatic rings. The number of halogens is 1. The Bertz CT molecular complexity index is 1270. The van der Waals surface area contributed by atoms with Gasteiger partial charge in [-0.1, -0.05) is 0 Å². The molecule has 0 bridgehead atoms. The molecule has 4 N–H and O–H groups in total. The molecule has 2 aromatic carbocycles. The third-order valence-corrected chi connectivity index (χ3v) is 6.59. The molecule has 1 atom stereocenters. The van der Waals surface area contributed by atoms with Crippen molar-refractivity contribution < 1.29 is 18.8 Å². The molecule has 3 aromatic rings. The van der Waals surface area contributed by atoms with Crippen molar-refractivity contribution in [1.82, 2.24) is 10.5 Å². The molecule has 1 aliphatic heterocycles. The second kappa shape index (κ2) is 9.48. The zero-order chi connectivity index (χ0) is 23.7. The van der Waals surface area contributed by atoms with Crippen molar-refractivity contribution in [1.29, 1.82) is 5.41 Å². The summed E-state index contributed by atoms with van der Waals surface area (Å²) in [4.78, 5) is 23.0. The first kappa shape index (κ1) is 22.4. The van der Waals surface area contributed by atoms with Gasteiger partial charge in [0.15, 0.2) is 6.29 Å². The number of carbonyl (C=O) groups is 1. The molecule has 8 heteroatoms. The van der Waals surface area contributed by atoms with Crippen molar-refractivity contribution in [3.05, 3.63) is 58.4 Å². The summed E-state index contributed by atoms with van der Waals surface area (Å²) in [6, 6.07) is 8.06. The topological polar surface area (TPSA) is 110 Å². The fraction of sp³-hybridized carbons (Fsp3) is 0.346. The van der Waals surface area contributed by atoms with Crippen LogP contribution in [0.4, 0.5) is 10.1 Å². The molecular weight excluding hydrogens is 435 g/mol. The van der Waals surface area contributed by atoms with Gasteiger partial charge in [0, 0.05) is 41.4 Å². The minimum Gasteiger partial charge on any atom is -0.398 e. The predicted octanol–water partition coefficient (Wildman–Crippen LogP) is 4.69. The summed E-state index contributed by atoms with van der Waals surface area (Å²) in [6.07, 6.45) is 7.08. The molecule has 34 heavy (non-hydrogen) atoms. The first-order valence-electron chi connectivity index (χ1n) is 11.7. The van der Waals surface area contributed by atoms with E-state index < -0.39 is 18.0 Å². The van der Waals surface area contributed by atoms with Crippen LogP contribution in [0, 0.1) is 11.2 Å². The quantitative estimate of drug-likeness (QED) is 0.290. The molecule has 1 saturated heterocycles. The molecule has 0 spiro atoms. The molecular formula is C26H27FN4O3. The van der Waals surface area contributed by atoms with E-state index in [1.165, 1.54) is 18.3 Å². The summed E-state index contributed by atoms with van der Waals surface area (Å²) in [5.41, 5.74) is 13.9. The van der Waals surface area contributed by atoms with Crippen LogP contribution in [-0.2, 0) is 22.4 Å². The average Bonchev–Trinajstić information content (AvgIpc) is 2.88. The normalized spacial score (nSPS) is 17.9. The number of ether oxygens (including phenoxy) is 1. The smallest absolute Gasteiger partial charge is 0.277 e. The molecule has 7 nitrogen and oxygen atoms in total. The lowest BCUT2D eigenvalue weighted by atomic mass is 9.84. The van der Waals surface area contributed by atoms with Crippen LogP contribution in [0.5, 0.6) is 0 Å². The van der Waals surface area contributed by atoms with Crippen molar-refractivity contribution in [2.24, 2.45) is 0 Å². The number of benzene rings is 2. The number of aromatic nitrogens is 1. The number of amides is 1. The molecule has 1 amide bonds. The number of nitrogens with one attached hydrogen (secondary N) is 2. The highest BCUT2D eigenvalue weighted by Gasteiger charge is 2.23. The Labute approximate surface area is 196 Å². The lowest BCUT2D eigenvalue weighted by Gasteiger charge is -2.23. The number of hydroxylamine groups is 1. The molecule has 176 valence electrons. The van der Waals surface area contributed by atoms with Gasteiger partial charge in [-0.3, -0.25) is 4.79 Å².